The fourth-order valence-electron chi connectivity index (χ4n) is 4.36. The van der Waals surface area contributed by atoms with Gasteiger partial charge < -0.3 is 34.1 Å². The molecule has 3 amide bonds. The topological polar surface area (TPSA) is 189 Å². The van der Waals surface area contributed by atoms with Crippen LogP contribution in [-0.4, -0.2) is 68.4 Å². The maximum absolute atomic E-state index is 13.0. The number of hydrogen-bond acceptors (Lipinski definition) is 10. The van der Waals surface area contributed by atoms with Crippen molar-refractivity contribution in [1.29, 1.82) is 0 Å². The highest BCUT2D eigenvalue weighted by Crippen LogP contribution is 2.24. The summed E-state index contributed by atoms with van der Waals surface area (Å²) in [7, 11) is 1.80. The van der Waals surface area contributed by atoms with Crippen molar-refractivity contribution >= 4 is 53.3 Å². The van der Waals surface area contributed by atoms with Crippen LogP contribution in [0.25, 0.3) is 0 Å². The molecule has 3 rings (SSSR count). The van der Waals surface area contributed by atoms with E-state index in [1.54, 1.807) is 92.5 Å². The Bertz CT molecular complexity index is 1830. The number of aliphatic imine (C=N–C) groups is 1. The smallest absolute Gasteiger partial charge is 0.437 e. The fourth-order valence-corrected chi connectivity index (χ4v) is 4.59. The number of carbonyl (C=O) groups excluding carboxylic acids is 5. The Kier molecular flexibility index (Phi) is 13.8. The van der Waals surface area contributed by atoms with Crippen LogP contribution in [0.15, 0.2) is 60.0 Å². The monoisotopic (exact) mass is 754 g/mol. The summed E-state index contributed by atoms with van der Waals surface area (Å²) in [5.41, 5.74) is -0.833. The van der Waals surface area contributed by atoms with Crippen LogP contribution in [-0.2, 0) is 43.7 Å². The van der Waals surface area contributed by atoms with Crippen LogP contribution >= 0.6 is 11.6 Å². The molecule has 1 atom stereocenters. The van der Waals surface area contributed by atoms with Gasteiger partial charge >= 0.3 is 24.1 Å². The van der Waals surface area contributed by atoms with E-state index in [-0.39, 0.29) is 35.1 Å². The molecule has 0 aliphatic carbocycles. The highest BCUT2D eigenvalue weighted by atomic mass is 35.5. The van der Waals surface area contributed by atoms with E-state index >= 15 is 0 Å². The number of guanidine groups is 1. The predicted molar refractivity (Wildman–Crippen MR) is 198 cm³/mol. The molecule has 1 aromatic heterocycles. The van der Waals surface area contributed by atoms with Crippen molar-refractivity contribution in [3.63, 3.8) is 0 Å². The molecule has 0 fully saturated rings. The number of alkyl carbamates (subject to hydrolysis) is 1. The van der Waals surface area contributed by atoms with Crippen molar-refractivity contribution < 1.29 is 42.9 Å². The summed E-state index contributed by atoms with van der Waals surface area (Å²) in [6.07, 6.45) is 1.50. The first-order valence-electron chi connectivity index (χ1n) is 16.6. The van der Waals surface area contributed by atoms with E-state index in [1.165, 1.54) is 36.4 Å². The van der Waals surface area contributed by atoms with Crippen LogP contribution in [0.3, 0.4) is 0 Å². The molecular weight excluding hydrogens is 708 g/mol. The number of amides is 3. The van der Waals surface area contributed by atoms with Gasteiger partial charge in [0.05, 0.1) is 24.0 Å². The number of esters is 2. The summed E-state index contributed by atoms with van der Waals surface area (Å²) in [5, 5.41) is 8.08. The second-order valence-corrected chi connectivity index (χ2v) is 15.4. The number of nitrogens with zero attached hydrogens (tertiary/aromatic N) is 3. The van der Waals surface area contributed by atoms with Crippen molar-refractivity contribution in [2.45, 2.75) is 98.0 Å². The lowest BCUT2D eigenvalue weighted by atomic mass is 10.1. The largest absolute Gasteiger partial charge is 0.458 e. The lowest BCUT2D eigenvalue weighted by Crippen LogP contribution is -2.46. The fraction of sp³-hybridized carbons (Fsp3) is 0.432. The van der Waals surface area contributed by atoms with Gasteiger partial charge in [-0.05, 0) is 104 Å². The van der Waals surface area contributed by atoms with Crippen LogP contribution in [0.4, 0.5) is 15.3 Å². The number of imidazole rings is 1. The number of carbonyl (C=O) groups is 5. The second kappa shape index (κ2) is 17.4. The lowest BCUT2D eigenvalue weighted by Gasteiger charge is -2.24. The number of nitrogens with one attached hydrogen (secondary N) is 3. The summed E-state index contributed by atoms with van der Waals surface area (Å²) >= 11 is 6.47. The number of benzene rings is 2. The number of rotatable bonds is 9. The SMILES string of the molecule is Cn1cnc(C[C@H](NC(=O)Cc2ccc(OC(=O)c3ccc(N/C(=N\C(=O)OC(C)(C)C)NC(=O)OC(C)(C)C)cc3)cc2Cl)C(=O)OC(C)(C)C)c1. The van der Waals surface area contributed by atoms with Crippen molar-refractivity contribution in [1.82, 2.24) is 20.2 Å². The Hall–Kier alpha value is -5.44. The number of aromatic nitrogens is 2. The van der Waals surface area contributed by atoms with Gasteiger partial charge in [0.2, 0.25) is 11.9 Å². The van der Waals surface area contributed by atoms with Crippen LogP contribution in [0.1, 0.15) is 83.9 Å². The molecule has 3 aromatic rings. The molecule has 0 saturated heterocycles. The highest BCUT2D eigenvalue weighted by molar-refractivity contribution is 6.31. The molecule has 15 nitrogen and oxygen atoms in total. The molecule has 0 radical (unpaired) electrons. The van der Waals surface area contributed by atoms with Gasteiger partial charge in [-0.1, -0.05) is 17.7 Å². The normalized spacial score (nSPS) is 12.6. The Morgan fingerprint density at radius 3 is 2.04 bits per heavy atom. The lowest BCUT2D eigenvalue weighted by molar-refractivity contribution is -0.158. The third-order valence-electron chi connectivity index (χ3n) is 6.38. The zero-order valence-corrected chi connectivity index (χ0v) is 32.3. The number of hydrogen-bond donors (Lipinski definition) is 3. The first-order chi connectivity index (χ1) is 24.4. The van der Waals surface area contributed by atoms with Crippen molar-refractivity contribution in [3.05, 3.63) is 76.8 Å². The quantitative estimate of drug-likeness (QED) is 0.0749. The standard InChI is InChI=1S/C37H47ClN6O9/c1-35(2,3)51-31(47)28(18-25-20-44(10)21-39-25)41-29(45)17-23-13-16-26(19-27(23)38)50-30(46)22-11-14-24(15-12-22)40-32(42-33(48)52-36(4,5)6)43-34(49)53-37(7,8)9/h11-16,19-21,28H,17-18H2,1-10H3,(H,41,45)(H2,40,42,43,48,49)/t28-/m0/s1. The Balaban J connectivity index is 1.66. The van der Waals surface area contributed by atoms with E-state index in [4.69, 9.17) is 30.5 Å². The number of anilines is 1. The zero-order valence-electron chi connectivity index (χ0n) is 31.6. The van der Waals surface area contributed by atoms with Crippen molar-refractivity contribution in [2.75, 3.05) is 5.32 Å². The summed E-state index contributed by atoms with van der Waals surface area (Å²) in [6.45, 7) is 15.3. The summed E-state index contributed by atoms with van der Waals surface area (Å²) in [6, 6.07) is 9.37. The predicted octanol–water partition coefficient (Wildman–Crippen LogP) is 6.13. The molecular formula is C37H47ClN6O9. The Labute approximate surface area is 313 Å². The van der Waals surface area contributed by atoms with Gasteiger partial charge in [-0.2, -0.15) is 0 Å². The Morgan fingerprint density at radius 1 is 0.868 bits per heavy atom. The Morgan fingerprint density at radius 2 is 1.49 bits per heavy atom. The maximum Gasteiger partial charge on any atom is 0.437 e. The van der Waals surface area contributed by atoms with E-state index < -0.39 is 52.9 Å². The molecule has 16 heteroatoms. The molecule has 3 N–H and O–H groups in total. The summed E-state index contributed by atoms with van der Waals surface area (Å²) in [4.78, 5) is 71.7. The summed E-state index contributed by atoms with van der Waals surface area (Å²) < 4.78 is 23.2. The maximum atomic E-state index is 13.0. The molecule has 0 bridgehead atoms. The van der Waals surface area contributed by atoms with Gasteiger partial charge in [-0.3, -0.25) is 10.1 Å². The average Bonchev–Trinajstić information content (AvgIpc) is 3.39. The van der Waals surface area contributed by atoms with E-state index in [2.05, 4.69) is 25.9 Å². The molecule has 53 heavy (non-hydrogen) atoms. The molecule has 0 spiro atoms. The van der Waals surface area contributed by atoms with Crippen molar-refractivity contribution in [2.24, 2.45) is 12.0 Å². The second-order valence-electron chi connectivity index (χ2n) is 15.0. The van der Waals surface area contributed by atoms with Crippen LogP contribution in [0.2, 0.25) is 5.02 Å². The molecule has 0 saturated carbocycles. The minimum absolute atomic E-state index is 0.126. The number of aryl methyl sites for hydroxylation is 1. The van der Waals surface area contributed by atoms with Gasteiger partial charge in [0.1, 0.15) is 28.6 Å². The van der Waals surface area contributed by atoms with E-state index in [0.717, 1.165) is 0 Å². The first-order valence-corrected chi connectivity index (χ1v) is 17.0. The highest BCUT2D eigenvalue weighted by Gasteiger charge is 2.28. The molecule has 2 aromatic carbocycles. The summed E-state index contributed by atoms with van der Waals surface area (Å²) in [5.74, 6) is -1.91. The third-order valence-corrected chi connectivity index (χ3v) is 6.74. The van der Waals surface area contributed by atoms with E-state index in [0.29, 0.717) is 16.9 Å². The van der Waals surface area contributed by atoms with Gasteiger partial charge in [0, 0.05) is 30.4 Å². The minimum atomic E-state index is -0.984. The molecule has 1 heterocycles. The van der Waals surface area contributed by atoms with E-state index in [1.807, 2.05) is 0 Å². The molecule has 286 valence electrons. The third kappa shape index (κ3) is 15.4. The molecule has 0 unspecified atom stereocenters. The molecule has 0 aliphatic heterocycles. The van der Waals surface area contributed by atoms with Crippen molar-refractivity contribution in [3.8, 4) is 5.75 Å². The number of halogens is 1. The van der Waals surface area contributed by atoms with Crippen LogP contribution in [0.5, 0.6) is 5.75 Å². The first kappa shape index (κ1) is 42.0. The minimum Gasteiger partial charge on any atom is -0.458 e. The van der Waals surface area contributed by atoms with Gasteiger partial charge in [-0.25, -0.2) is 24.2 Å². The van der Waals surface area contributed by atoms with E-state index in [9.17, 15) is 24.0 Å². The van der Waals surface area contributed by atoms with Crippen LogP contribution in [0, 0.1) is 0 Å². The van der Waals surface area contributed by atoms with Crippen LogP contribution < -0.4 is 20.7 Å². The van der Waals surface area contributed by atoms with Gasteiger partial charge in [-0.15, -0.1) is 4.99 Å². The molecule has 0 aliphatic rings. The zero-order chi connectivity index (χ0) is 39.7. The van der Waals surface area contributed by atoms with Gasteiger partial charge in [0.15, 0.2) is 0 Å². The average molecular weight is 755 g/mol. The number of ether oxygens (including phenoxy) is 4. The van der Waals surface area contributed by atoms with Gasteiger partial charge in [0.25, 0.3) is 0 Å².